The zero-order valence-corrected chi connectivity index (χ0v) is 14.9. The fourth-order valence-electron chi connectivity index (χ4n) is 2.27. The first kappa shape index (κ1) is 20.0. The van der Waals surface area contributed by atoms with Crippen LogP contribution in [-0.2, 0) is 16.1 Å². The van der Waals surface area contributed by atoms with Crippen LogP contribution in [0.4, 0.5) is 4.79 Å². The van der Waals surface area contributed by atoms with Crippen LogP contribution in [0.1, 0.15) is 39.7 Å². The van der Waals surface area contributed by atoms with Gasteiger partial charge in [0.2, 0.25) is 5.91 Å². The molecule has 0 fully saturated rings. The second-order valence-corrected chi connectivity index (χ2v) is 6.67. The highest BCUT2D eigenvalue weighted by Crippen LogP contribution is 2.06. The number of hydrogen-bond donors (Lipinski definition) is 3. The van der Waals surface area contributed by atoms with Crippen LogP contribution in [0.5, 0.6) is 0 Å². The van der Waals surface area contributed by atoms with E-state index in [4.69, 9.17) is 10.5 Å². The van der Waals surface area contributed by atoms with Crippen molar-refractivity contribution in [2.45, 2.75) is 52.9 Å². The summed E-state index contributed by atoms with van der Waals surface area (Å²) in [6.45, 7) is 7.94. The average molecular weight is 335 g/mol. The third kappa shape index (κ3) is 7.46. The van der Waals surface area contributed by atoms with Crippen molar-refractivity contribution in [2.75, 3.05) is 0 Å². The van der Waals surface area contributed by atoms with E-state index in [1.165, 1.54) is 0 Å². The van der Waals surface area contributed by atoms with Gasteiger partial charge >= 0.3 is 6.09 Å². The summed E-state index contributed by atoms with van der Waals surface area (Å²) in [4.78, 5) is 24.3. The van der Waals surface area contributed by atoms with Crippen LogP contribution in [0.3, 0.4) is 0 Å². The highest BCUT2D eigenvalue weighted by molar-refractivity contribution is 5.86. The van der Waals surface area contributed by atoms with Crippen LogP contribution in [0.15, 0.2) is 30.3 Å². The molecule has 1 aromatic rings. The van der Waals surface area contributed by atoms with Gasteiger partial charge < -0.3 is 21.1 Å². The fourth-order valence-corrected chi connectivity index (χ4v) is 2.27. The molecule has 0 spiro atoms. The molecule has 2 unspecified atom stereocenters. The number of hydrogen-bond acceptors (Lipinski definition) is 4. The Morgan fingerprint density at radius 1 is 1.08 bits per heavy atom. The average Bonchev–Trinajstić information content (AvgIpc) is 2.50. The number of carbonyl (C=O) groups excluding carboxylic acids is 2. The summed E-state index contributed by atoms with van der Waals surface area (Å²) in [5, 5.41) is 5.36. The van der Waals surface area contributed by atoms with Crippen LogP contribution in [0, 0.1) is 11.8 Å². The van der Waals surface area contributed by atoms with Gasteiger partial charge in [-0.15, -0.1) is 0 Å². The van der Waals surface area contributed by atoms with Crippen molar-refractivity contribution in [2.24, 2.45) is 17.6 Å². The molecule has 134 valence electrons. The van der Waals surface area contributed by atoms with Crippen LogP contribution >= 0.6 is 0 Å². The van der Waals surface area contributed by atoms with Gasteiger partial charge in [0.25, 0.3) is 0 Å². The summed E-state index contributed by atoms with van der Waals surface area (Å²) < 4.78 is 5.17. The molecular weight excluding hydrogens is 306 g/mol. The summed E-state index contributed by atoms with van der Waals surface area (Å²) in [5.41, 5.74) is 6.79. The third-order valence-electron chi connectivity index (χ3n) is 3.49. The van der Waals surface area contributed by atoms with Gasteiger partial charge in [0.15, 0.2) is 0 Å². The van der Waals surface area contributed by atoms with Gasteiger partial charge in [0, 0.05) is 0 Å². The van der Waals surface area contributed by atoms with Crippen molar-refractivity contribution in [3.8, 4) is 0 Å². The summed E-state index contributed by atoms with van der Waals surface area (Å²) in [7, 11) is 0. The Morgan fingerprint density at radius 3 is 2.25 bits per heavy atom. The molecule has 2 atom stereocenters. The molecule has 0 aliphatic carbocycles. The molecule has 0 saturated heterocycles. The predicted molar refractivity (Wildman–Crippen MR) is 94.0 cm³/mol. The standard InChI is InChI=1S/C18H29N3O3/c1-12(2)10-15(19)20-17(22)16(13(3)4)21-18(23)24-11-14-8-6-5-7-9-14/h5-9,12-13,15-16H,10-11,19H2,1-4H3,(H,20,22)(H,21,23). The van der Waals surface area contributed by atoms with Gasteiger partial charge in [-0.25, -0.2) is 4.79 Å². The van der Waals surface area contributed by atoms with E-state index < -0.39 is 18.3 Å². The molecule has 1 rings (SSSR count). The van der Waals surface area contributed by atoms with E-state index in [1.54, 1.807) is 0 Å². The molecule has 24 heavy (non-hydrogen) atoms. The molecule has 0 saturated carbocycles. The summed E-state index contributed by atoms with van der Waals surface area (Å²) >= 11 is 0. The monoisotopic (exact) mass is 335 g/mol. The van der Waals surface area contributed by atoms with Crippen molar-refractivity contribution in [1.29, 1.82) is 0 Å². The Hall–Kier alpha value is -2.08. The number of ether oxygens (including phenoxy) is 1. The van der Waals surface area contributed by atoms with Gasteiger partial charge in [0.05, 0.1) is 6.17 Å². The van der Waals surface area contributed by atoms with Gasteiger partial charge in [0.1, 0.15) is 12.6 Å². The molecular formula is C18H29N3O3. The van der Waals surface area contributed by atoms with Crippen LogP contribution in [0.2, 0.25) is 0 Å². The Bertz CT molecular complexity index is 518. The zero-order chi connectivity index (χ0) is 18.1. The van der Waals surface area contributed by atoms with Crippen molar-refractivity contribution < 1.29 is 14.3 Å². The van der Waals surface area contributed by atoms with Crippen LogP contribution in [0.25, 0.3) is 0 Å². The maximum Gasteiger partial charge on any atom is 0.408 e. The van der Waals surface area contributed by atoms with Crippen molar-refractivity contribution in [1.82, 2.24) is 10.6 Å². The Labute approximate surface area is 144 Å². The quantitative estimate of drug-likeness (QED) is 0.636. The van der Waals surface area contributed by atoms with Gasteiger partial charge in [-0.1, -0.05) is 58.0 Å². The molecule has 1 aromatic carbocycles. The summed E-state index contributed by atoms with van der Waals surface area (Å²) in [6, 6.07) is 8.68. The number of benzene rings is 1. The van der Waals surface area contributed by atoms with Crippen LogP contribution in [-0.4, -0.2) is 24.2 Å². The number of nitrogens with one attached hydrogen (secondary N) is 2. The maximum atomic E-state index is 12.3. The van der Waals surface area contributed by atoms with E-state index >= 15 is 0 Å². The smallest absolute Gasteiger partial charge is 0.408 e. The summed E-state index contributed by atoms with van der Waals surface area (Å²) in [6.07, 6.45) is -0.374. The van der Waals surface area contributed by atoms with Gasteiger partial charge in [-0.2, -0.15) is 0 Å². The van der Waals surface area contributed by atoms with Gasteiger partial charge in [-0.05, 0) is 23.8 Å². The molecule has 2 amide bonds. The minimum Gasteiger partial charge on any atom is -0.445 e. The lowest BCUT2D eigenvalue weighted by atomic mass is 10.0. The topological polar surface area (TPSA) is 93.5 Å². The Balaban J connectivity index is 2.52. The van der Waals surface area contributed by atoms with E-state index in [-0.39, 0.29) is 18.4 Å². The normalized spacial score (nSPS) is 13.5. The minimum atomic E-state index is -0.688. The number of alkyl carbamates (subject to hydrolysis) is 1. The number of amides is 2. The SMILES string of the molecule is CC(C)CC(N)NC(=O)C(NC(=O)OCc1ccccc1)C(C)C. The first-order valence-corrected chi connectivity index (χ1v) is 8.32. The van der Waals surface area contributed by atoms with E-state index in [0.29, 0.717) is 12.3 Å². The van der Waals surface area contributed by atoms with E-state index in [2.05, 4.69) is 10.6 Å². The first-order chi connectivity index (χ1) is 11.3. The van der Waals surface area contributed by atoms with E-state index in [1.807, 2.05) is 58.0 Å². The lowest BCUT2D eigenvalue weighted by molar-refractivity contribution is -0.124. The van der Waals surface area contributed by atoms with Crippen LogP contribution < -0.4 is 16.4 Å². The second kappa shape index (κ2) is 9.93. The van der Waals surface area contributed by atoms with E-state index in [9.17, 15) is 9.59 Å². The highest BCUT2D eigenvalue weighted by atomic mass is 16.5. The molecule has 0 aliphatic heterocycles. The molecule has 0 aromatic heterocycles. The third-order valence-corrected chi connectivity index (χ3v) is 3.49. The lowest BCUT2D eigenvalue weighted by Crippen LogP contribution is -2.54. The first-order valence-electron chi connectivity index (χ1n) is 8.32. The lowest BCUT2D eigenvalue weighted by Gasteiger charge is -2.24. The molecule has 0 aliphatic rings. The molecule has 0 bridgehead atoms. The molecule has 4 N–H and O–H groups in total. The van der Waals surface area contributed by atoms with E-state index in [0.717, 1.165) is 5.56 Å². The number of nitrogens with two attached hydrogens (primary N) is 1. The largest absolute Gasteiger partial charge is 0.445 e. The highest BCUT2D eigenvalue weighted by Gasteiger charge is 2.26. The minimum absolute atomic E-state index is 0.0828. The maximum absolute atomic E-state index is 12.3. The Kier molecular flexibility index (Phi) is 8.26. The molecule has 0 heterocycles. The predicted octanol–water partition coefficient (Wildman–Crippen LogP) is 2.38. The molecule has 0 radical (unpaired) electrons. The number of rotatable bonds is 8. The van der Waals surface area contributed by atoms with Crippen molar-refractivity contribution in [3.05, 3.63) is 35.9 Å². The van der Waals surface area contributed by atoms with Crippen molar-refractivity contribution in [3.63, 3.8) is 0 Å². The second-order valence-electron chi connectivity index (χ2n) is 6.67. The van der Waals surface area contributed by atoms with Gasteiger partial charge in [-0.3, -0.25) is 4.79 Å². The zero-order valence-electron chi connectivity index (χ0n) is 14.9. The van der Waals surface area contributed by atoms with Crippen molar-refractivity contribution >= 4 is 12.0 Å². The molecule has 6 nitrogen and oxygen atoms in total. The molecule has 6 heteroatoms. The number of carbonyl (C=O) groups is 2. The Morgan fingerprint density at radius 2 is 1.71 bits per heavy atom. The summed E-state index contributed by atoms with van der Waals surface area (Å²) in [5.74, 6) is -0.00284. The fraction of sp³-hybridized carbons (Fsp3) is 0.556.